The zero-order valence-electron chi connectivity index (χ0n) is 10.5. The van der Waals surface area contributed by atoms with Crippen LogP contribution < -0.4 is 0 Å². The maximum atomic E-state index is 2.28. The van der Waals surface area contributed by atoms with E-state index in [1.165, 1.54) is 27.7 Å². The topological polar surface area (TPSA) is 4.93 Å². The minimum Gasteiger partial charge on any atom is -0.344 e. The summed E-state index contributed by atoms with van der Waals surface area (Å²) in [6.07, 6.45) is 5.53. The molecule has 0 atom stereocenters. The number of aromatic nitrogens is 1. The van der Waals surface area contributed by atoms with Crippen LogP contribution in [0.4, 0.5) is 0 Å². The number of allylic oxidation sites excluding steroid dienone is 1. The van der Waals surface area contributed by atoms with Crippen molar-refractivity contribution in [3.8, 4) is 0 Å². The normalized spacial score (nSPS) is 11.8. The van der Waals surface area contributed by atoms with Crippen molar-refractivity contribution in [1.82, 2.24) is 4.57 Å². The molecule has 1 aromatic heterocycles. The molecule has 84 valence electrons. The highest BCUT2D eigenvalue weighted by Gasteiger charge is 2.08. The van der Waals surface area contributed by atoms with Crippen LogP contribution >= 0.6 is 0 Å². The van der Waals surface area contributed by atoms with Gasteiger partial charge in [0.1, 0.15) is 0 Å². The Kier molecular flexibility index (Phi) is 2.86. The molecule has 0 amide bonds. The van der Waals surface area contributed by atoms with Crippen LogP contribution in [-0.2, 0) is 7.05 Å². The van der Waals surface area contributed by atoms with E-state index in [9.17, 15) is 0 Å². The van der Waals surface area contributed by atoms with Gasteiger partial charge in [0.2, 0.25) is 0 Å². The van der Waals surface area contributed by atoms with Crippen molar-refractivity contribution < 1.29 is 0 Å². The molecule has 0 radical (unpaired) electrons. The molecule has 0 N–H and O–H groups in total. The van der Waals surface area contributed by atoms with Crippen molar-refractivity contribution >= 4 is 17.0 Å². The van der Waals surface area contributed by atoms with Crippen molar-refractivity contribution in [2.75, 3.05) is 0 Å². The third kappa shape index (κ3) is 1.67. The predicted molar refractivity (Wildman–Crippen MR) is 71.7 cm³/mol. The number of rotatable bonds is 2. The van der Waals surface area contributed by atoms with Crippen LogP contribution in [0.3, 0.4) is 0 Å². The van der Waals surface area contributed by atoms with Crippen LogP contribution in [0.2, 0.25) is 0 Å². The second-order valence-electron chi connectivity index (χ2n) is 4.40. The summed E-state index contributed by atoms with van der Waals surface area (Å²) >= 11 is 0. The first kappa shape index (κ1) is 11.0. The molecule has 0 saturated carbocycles. The zero-order chi connectivity index (χ0) is 11.7. The van der Waals surface area contributed by atoms with E-state index in [1.54, 1.807) is 0 Å². The highest BCUT2D eigenvalue weighted by molar-refractivity contribution is 5.88. The number of nitrogens with zero attached hydrogens (tertiary/aromatic N) is 1. The molecule has 0 aliphatic carbocycles. The number of aryl methyl sites for hydroxylation is 3. The number of fused-ring (bicyclic) bond motifs is 1. The average Bonchev–Trinajstić information content (AvgIpc) is 2.50. The Morgan fingerprint density at radius 2 is 2.00 bits per heavy atom. The lowest BCUT2D eigenvalue weighted by atomic mass is 10.1. The Morgan fingerprint density at radius 3 is 2.69 bits per heavy atom. The maximum Gasteiger partial charge on any atom is 0.0487 e. The molecule has 1 heterocycles. The van der Waals surface area contributed by atoms with Crippen molar-refractivity contribution in [1.29, 1.82) is 0 Å². The highest BCUT2D eigenvalue weighted by atomic mass is 14.9. The van der Waals surface area contributed by atoms with Gasteiger partial charge in [-0.2, -0.15) is 0 Å². The van der Waals surface area contributed by atoms with Gasteiger partial charge in [-0.05, 0) is 43.5 Å². The van der Waals surface area contributed by atoms with Gasteiger partial charge < -0.3 is 4.57 Å². The van der Waals surface area contributed by atoms with E-state index in [1.807, 2.05) is 0 Å². The molecule has 0 saturated heterocycles. The first-order valence-electron chi connectivity index (χ1n) is 5.87. The van der Waals surface area contributed by atoms with Gasteiger partial charge in [-0.15, -0.1) is 0 Å². The number of benzene rings is 1. The van der Waals surface area contributed by atoms with Gasteiger partial charge in [0, 0.05) is 23.6 Å². The lowest BCUT2D eigenvalue weighted by molar-refractivity contribution is 0.947. The molecule has 1 heteroatoms. The van der Waals surface area contributed by atoms with Crippen molar-refractivity contribution in [2.24, 2.45) is 7.05 Å². The minimum atomic E-state index is 1.08. The first-order chi connectivity index (χ1) is 7.65. The molecule has 0 bridgehead atoms. The quantitative estimate of drug-likeness (QED) is 0.704. The molecule has 2 rings (SSSR count). The molecule has 16 heavy (non-hydrogen) atoms. The van der Waals surface area contributed by atoms with Gasteiger partial charge in [0.05, 0.1) is 0 Å². The Balaban J connectivity index is 2.71. The summed E-state index contributed by atoms with van der Waals surface area (Å²) in [5.74, 6) is 0. The maximum absolute atomic E-state index is 2.28. The van der Waals surface area contributed by atoms with E-state index in [0.717, 1.165) is 6.42 Å². The summed E-state index contributed by atoms with van der Waals surface area (Å²) in [6, 6.07) is 6.66. The molecular weight excluding hydrogens is 194 g/mol. The largest absolute Gasteiger partial charge is 0.344 e. The average molecular weight is 213 g/mol. The Labute approximate surface area is 97.4 Å². The fourth-order valence-electron chi connectivity index (χ4n) is 2.22. The smallest absolute Gasteiger partial charge is 0.0487 e. The van der Waals surface area contributed by atoms with E-state index < -0.39 is 0 Å². The van der Waals surface area contributed by atoms with Gasteiger partial charge in [-0.1, -0.05) is 25.1 Å². The third-order valence-electron chi connectivity index (χ3n) is 3.18. The molecule has 2 aromatic rings. The van der Waals surface area contributed by atoms with Crippen LogP contribution in [0, 0.1) is 13.8 Å². The summed E-state index contributed by atoms with van der Waals surface area (Å²) in [6.45, 7) is 6.51. The molecule has 0 fully saturated rings. The first-order valence-corrected chi connectivity index (χ1v) is 5.87. The molecular formula is C15H19N. The van der Waals surface area contributed by atoms with Crippen LogP contribution in [-0.4, -0.2) is 4.57 Å². The van der Waals surface area contributed by atoms with Gasteiger partial charge in [0.15, 0.2) is 0 Å². The summed E-state index contributed by atoms with van der Waals surface area (Å²) in [5, 5.41) is 1.36. The van der Waals surface area contributed by atoms with E-state index in [0.29, 0.717) is 0 Å². The lowest BCUT2D eigenvalue weighted by Crippen LogP contribution is -1.91. The summed E-state index contributed by atoms with van der Waals surface area (Å²) in [4.78, 5) is 0. The van der Waals surface area contributed by atoms with Crippen LogP contribution in [0.25, 0.3) is 17.0 Å². The molecule has 0 aliphatic heterocycles. The molecule has 0 unspecified atom stereocenters. The van der Waals surface area contributed by atoms with Gasteiger partial charge in [-0.25, -0.2) is 0 Å². The number of hydrogen-bond acceptors (Lipinski definition) is 0. The SMILES string of the molecule is CC/C=C\c1c(C)c2ccc(C)cc2n1C. The Hall–Kier alpha value is -1.50. The predicted octanol–water partition coefficient (Wildman–Crippen LogP) is 4.22. The third-order valence-corrected chi connectivity index (χ3v) is 3.18. The van der Waals surface area contributed by atoms with Crippen LogP contribution in [0.1, 0.15) is 30.2 Å². The van der Waals surface area contributed by atoms with E-state index in [4.69, 9.17) is 0 Å². The van der Waals surface area contributed by atoms with Gasteiger partial charge in [-0.3, -0.25) is 0 Å². The van der Waals surface area contributed by atoms with Crippen molar-refractivity contribution in [2.45, 2.75) is 27.2 Å². The number of hydrogen-bond donors (Lipinski definition) is 0. The summed E-state index contributed by atoms with van der Waals surface area (Å²) < 4.78 is 2.28. The summed E-state index contributed by atoms with van der Waals surface area (Å²) in [5.41, 5.74) is 5.34. The summed E-state index contributed by atoms with van der Waals surface area (Å²) in [7, 11) is 2.14. The second-order valence-corrected chi connectivity index (χ2v) is 4.40. The van der Waals surface area contributed by atoms with Crippen molar-refractivity contribution in [3.05, 3.63) is 41.1 Å². The van der Waals surface area contributed by atoms with Crippen LogP contribution in [0.5, 0.6) is 0 Å². The zero-order valence-corrected chi connectivity index (χ0v) is 10.5. The molecule has 0 aliphatic rings. The highest BCUT2D eigenvalue weighted by Crippen LogP contribution is 2.26. The van der Waals surface area contributed by atoms with Gasteiger partial charge in [0.25, 0.3) is 0 Å². The molecule has 1 aromatic carbocycles. The minimum absolute atomic E-state index is 1.08. The van der Waals surface area contributed by atoms with E-state index in [-0.39, 0.29) is 0 Å². The Morgan fingerprint density at radius 1 is 1.25 bits per heavy atom. The van der Waals surface area contributed by atoms with Gasteiger partial charge >= 0.3 is 0 Å². The monoisotopic (exact) mass is 213 g/mol. The van der Waals surface area contributed by atoms with E-state index in [2.05, 4.69) is 62.7 Å². The van der Waals surface area contributed by atoms with E-state index >= 15 is 0 Å². The molecule has 0 spiro atoms. The second kappa shape index (κ2) is 4.17. The molecule has 1 nitrogen and oxygen atoms in total. The van der Waals surface area contributed by atoms with Crippen molar-refractivity contribution in [3.63, 3.8) is 0 Å². The fourth-order valence-corrected chi connectivity index (χ4v) is 2.22. The Bertz CT molecular complexity index is 544. The fraction of sp³-hybridized carbons (Fsp3) is 0.333. The lowest BCUT2D eigenvalue weighted by Gasteiger charge is -2.00. The van der Waals surface area contributed by atoms with Crippen LogP contribution in [0.15, 0.2) is 24.3 Å². The standard InChI is InChI=1S/C15H19N/c1-5-6-7-14-12(3)13-9-8-11(2)10-15(13)16(14)4/h6-10H,5H2,1-4H3/b7-6-.